The summed E-state index contributed by atoms with van der Waals surface area (Å²) < 4.78 is 5.88. The fraction of sp³-hybridized carbons (Fsp3) is 0.711. The normalized spacial score (nSPS) is 24.9. The Morgan fingerprint density at radius 3 is 2.21 bits per heavy atom. The van der Waals surface area contributed by atoms with Gasteiger partial charge in [0.1, 0.15) is 23.0 Å². The molecule has 1 aromatic carbocycles. The first-order valence-electron chi connectivity index (χ1n) is 18.6. The molecule has 3 fully saturated rings. The van der Waals surface area contributed by atoms with E-state index in [1.165, 1.54) is 17.7 Å². The highest BCUT2D eigenvalue weighted by molar-refractivity contribution is 6.45. The summed E-state index contributed by atoms with van der Waals surface area (Å²) >= 11 is 13.0. The number of aliphatic hydroxyl groups excluding tert-OH is 1. The van der Waals surface area contributed by atoms with Gasteiger partial charge in [-0.05, 0) is 47.1 Å². The van der Waals surface area contributed by atoms with E-state index in [2.05, 4.69) is 16.0 Å². The minimum atomic E-state index is -1.51. The number of nitrogens with one attached hydrogen (secondary N) is 3. The van der Waals surface area contributed by atoms with Crippen molar-refractivity contribution in [2.75, 3.05) is 6.54 Å². The molecular weight excluding hydrogens is 709 g/mol. The van der Waals surface area contributed by atoms with Crippen LogP contribution in [0.15, 0.2) is 24.3 Å². The average Bonchev–Trinajstić information content (AvgIpc) is 3.96. The molecule has 1 heterocycles. The standard InChI is InChI=1S/C38H55Cl2N5O7/c1-20(2)27(34(50)52-25-16-22-11-7-8-12-23(22)17-25)43-36(51)44-29(37(3,4)5)33(49)45-19-24-18-38(24,35(39)40)30(45)32(48)42-26(28(46)31(41)47)13-9-6-10-21-14-15-21/h7-8,11-12,20-21,24-27,29-30,35-36,43-44,51H,6,9-10,13-19H2,1-5H3,(H2,41,47)(H,42,48)/t24-,26?,27-,29+,30+,36?,38?/m0/s1. The molecule has 2 saturated carbocycles. The first kappa shape index (κ1) is 40.4. The van der Waals surface area contributed by atoms with Crippen LogP contribution in [0.4, 0.5) is 0 Å². The van der Waals surface area contributed by atoms with Crippen LogP contribution in [-0.4, -0.2) is 87.5 Å². The number of fused-ring (bicyclic) bond motifs is 2. The van der Waals surface area contributed by atoms with E-state index in [9.17, 15) is 29.1 Å². The Kier molecular flexibility index (Phi) is 12.7. The third kappa shape index (κ3) is 9.12. The summed E-state index contributed by atoms with van der Waals surface area (Å²) in [4.78, 5) is 67.3. The number of nitrogens with zero attached hydrogens (tertiary/aromatic N) is 1. The molecule has 7 atom stereocenters. The number of benzene rings is 1. The van der Waals surface area contributed by atoms with Gasteiger partial charge in [0.25, 0.3) is 5.91 Å². The Morgan fingerprint density at radius 2 is 1.67 bits per heavy atom. The van der Waals surface area contributed by atoms with Gasteiger partial charge in [-0.3, -0.25) is 34.6 Å². The lowest BCUT2D eigenvalue weighted by atomic mass is 9.85. The van der Waals surface area contributed by atoms with Crippen molar-refractivity contribution in [2.24, 2.45) is 34.3 Å². The summed E-state index contributed by atoms with van der Waals surface area (Å²) in [7, 11) is 0. The Balaban J connectivity index is 1.28. The third-order valence-electron chi connectivity index (χ3n) is 11.3. The van der Waals surface area contributed by atoms with E-state index in [-0.39, 0.29) is 30.9 Å². The van der Waals surface area contributed by atoms with Crippen molar-refractivity contribution in [3.05, 3.63) is 35.4 Å². The molecular formula is C38H55Cl2N5O7. The number of primary amides is 1. The number of hydrogen-bond acceptors (Lipinski definition) is 9. The van der Waals surface area contributed by atoms with Gasteiger partial charge in [-0.25, -0.2) is 0 Å². The number of hydrogen-bond donors (Lipinski definition) is 5. The molecule has 1 saturated heterocycles. The van der Waals surface area contributed by atoms with Gasteiger partial charge in [-0.15, -0.1) is 23.2 Å². The van der Waals surface area contributed by atoms with Gasteiger partial charge in [-0.1, -0.05) is 91.0 Å². The SMILES string of the molecule is CC(C)[C@H](NC(O)N[C@H](C(=O)N1C[C@@H]2CC2(C(Cl)Cl)[C@H]1C(=O)NC(CCCCC1CC1)C(=O)C(N)=O)C(C)(C)C)C(=O)OC1Cc2ccccc2C1. The minimum Gasteiger partial charge on any atom is -0.460 e. The van der Waals surface area contributed by atoms with Crippen LogP contribution in [0.1, 0.15) is 90.7 Å². The number of likely N-dealkylation sites (tertiary alicyclic amines) is 1. The second-order valence-electron chi connectivity index (χ2n) is 16.7. The molecule has 3 amide bonds. The molecule has 0 spiro atoms. The Bertz CT molecular complexity index is 1490. The molecule has 6 N–H and O–H groups in total. The number of piperidine rings is 1. The van der Waals surface area contributed by atoms with Crippen LogP contribution in [0.5, 0.6) is 0 Å². The maximum absolute atomic E-state index is 14.5. The van der Waals surface area contributed by atoms with Crippen molar-refractivity contribution in [3.8, 4) is 0 Å². The zero-order valence-corrected chi connectivity index (χ0v) is 32.3. The highest BCUT2D eigenvalue weighted by atomic mass is 35.5. The second kappa shape index (κ2) is 16.3. The molecule has 0 radical (unpaired) electrons. The first-order chi connectivity index (χ1) is 24.4. The zero-order valence-electron chi connectivity index (χ0n) is 30.8. The number of aliphatic hydroxyl groups is 1. The average molecular weight is 765 g/mol. The van der Waals surface area contributed by atoms with Gasteiger partial charge < -0.3 is 25.8 Å². The summed E-state index contributed by atoms with van der Waals surface area (Å²) in [6, 6.07) is 3.75. The molecule has 0 aromatic heterocycles. The Labute approximate surface area is 316 Å². The van der Waals surface area contributed by atoms with E-state index in [1.807, 2.05) is 58.9 Å². The van der Waals surface area contributed by atoms with Crippen LogP contribution in [0.2, 0.25) is 0 Å². The van der Waals surface area contributed by atoms with Crippen molar-refractivity contribution in [1.29, 1.82) is 0 Å². The number of carbonyl (C=O) groups excluding carboxylic acids is 5. The fourth-order valence-corrected chi connectivity index (χ4v) is 8.82. The van der Waals surface area contributed by atoms with Crippen molar-refractivity contribution >= 4 is 52.7 Å². The molecule has 288 valence electrons. The maximum atomic E-state index is 14.5. The van der Waals surface area contributed by atoms with Crippen molar-refractivity contribution in [3.63, 3.8) is 0 Å². The Hall–Kier alpha value is -2.77. The molecule has 1 aromatic rings. The number of esters is 1. The van der Waals surface area contributed by atoms with E-state index in [0.717, 1.165) is 24.0 Å². The number of nitrogens with two attached hydrogens (primary N) is 1. The molecule has 3 aliphatic carbocycles. The molecule has 4 aliphatic rings. The number of Topliss-reactive ketones (excluding diaryl/α,β-unsaturated/α-hetero) is 1. The van der Waals surface area contributed by atoms with E-state index in [4.69, 9.17) is 33.7 Å². The molecule has 14 heteroatoms. The van der Waals surface area contributed by atoms with Gasteiger partial charge in [0.2, 0.25) is 17.6 Å². The quantitative estimate of drug-likeness (QED) is 0.0494. The maximum Gasteiger partial charge on any atom is 0.323 e. The zero-order chi connectivity index (χ0) is 38.1. The van der Waals surface area contributed by atoms with Crippen LogP contribution < -0.4 is 21.7 Å². The van der Waals surface area contributed by atoms with Crippen molar-refractivity contribution in [1.82, 2.24) is 20.9 Å². The van der Waals surface area contributed by atoms with Gasteiger partial charge >= 0.3 is 5.97 Å². The van der Waals surface area contributed by atoms with Crippen molar-refractivity contribution < 1.29 is 33.8 Å². The molecule has 12 nitrogen and oxygen atoms in total. The lowest BCUT2D eigenvalue weighted by Gasteiger charge is -2.39. The number of ketones is 1. The van der Waals surface area contributed by atoms with E-state index < -0.39 is 75.7 Å². The molecule has 0 bridgehead atoms. The lowest BCUT2D eigenvalue weighted by molar-refractivity contribution is -0.154. The predicted octanol–water partition coefficient (Wildman–Crippen LogP) is 3.12. The summed E-state index contributed by atoms with van der Waals surface area (Å²) in [6.45, 7) is 9.30. The van der Waals surface area contributed by atoms with E-state index >= 15 is 0 Å². The second-order valence-corrected chi connectivity index (χ2v) is 17.8. The summed E-state index contributed by atoms with van der Waals surface area (Å²) in [6.07, 6.45) is 5.05. The number of rotatable bonds is 18. The largest absolute Gasteiger partial charge is 0.460 e. The topological polar surface area (TPSA) is 180 Å². The van der Waals surface area contributed by atoms with Gasteiger partial charge in [0.05, 0.1) is 12.1 Å². The number of ether oxygens (including phenoxy) is 1. The van der Waals surface area contributed by atoms with Gasteiger partial charge in [-0.2, -0.15) is 0 Å². The van der Waals surface area contributed by atoms with Crippen LogP contribution in [0.3, 0.4) is 0 Å². The fourth-order valence-electron chi connectivity index (χ4n) is 8.04. The Morgan fingerprint density at radius 1 is 1.04 bits per heavy atom. The number of carbonyl (C=O) groups is 5. The monoisotopic (exact) mass is 763 g/mol. The summed E-state index contributed by atoms with van der Waals surface area (Å²) in [5.74, 6) is -3.39. The number of unbranched alkanes of at least 4 members (excludes halogenated alkanes) is 1. The predicted molar refractivity (Wildman–Crippen MR) is 197 cm³/mol. The smallest absolute Gasteiger partial charge is 0.323 e. The van der Waals surface area contributed by atoms with Crippen LogP contribution in [-0.2, 0) is 41.6 Å². The highest BCUT2D eigenvalue weighted by Crippen LogP contribution is 2.66. The molecule has 52 heavy (non-hydrogen) atoms. The van der Waals surface area contributed by atoms with Crippen LogP contribution in [0, 0.1) is 28.6 Å². The van der Waals surface area contributed by atoms with E-state index in [0.29, 0.717) is 31.6 Å². The van der Waals surface area contributed by atoms with Gasteiger partial charge in [0, 0.05) is 24.8 Å². The van der Waals surface area contributed by atoms with E-state index in [1.54, 1.807) is 0 Å². The van der Waals surface area contributed by atoms with Crippen LogP contribution in [0.25, 0.3) is 0 Å². The van der Waals surface area contributed by atoms with Gasteiger partial charge in [0.15, 0.2) is 6.35 Å². The lowest BCUT2D eigenvalue weighted by Crippen LogP contribution is -2.64. The summed E-state index contributed by atoms with van der Waals surface area (Å²) in [5.41, 5.74) is 5.93. The number of halogens is 2. The highest BCUT2D eigenvalue weighted by Gasteiger charge is 2.72. The third-order valence-corrected chi connectivity index (χ3v) is 12.1. The molecule has 3 unspecified atom stereocenters. The molecule has 1 aliphatic heterocycles. The first-order valence-corrected chi connectivity index (χ1v) is 19.5. The molecule has 5 rings (SSSR count). The minimum absolute atomic E-state index is 0.165. The van der Waals surface area contributed by atoms with Crippen LogP contribution >= 0.6 is 23.2 Å². The summed E-state index contributed by atoms with van der Waals surface area (Å²) in [5, 5.41) is 19.9. The van der Waals surface area contributed by atoms with Crippen molar-refractivity contribution in [2.45, 2.75) is 134 Å². The number of amides is 3. The number of alkyl halides is 2.